The highest BCUT2D eigenvalue weighted by Gasteiger charge is 2.22. The van der Waals surface area contributed by atoms with Crippen LogP contribution in [0.25, 0.3) is 0 Å². The van der Waals surface area contributed by atoms with Crippen LogP contribution in [0, 0.1) is 0 Å². The van der Waals surface area contributed by atoms with Gasteiger partial charge in [-0.3, -0.25) is 9.58 Å². The van der Waals surface area contributed by atoms with Gasteiger partial charge in [0.25, 0.3) is 0 Å². The summed E-state index contributed by atoms with van der Waals surface area (Å²) in [5.74, 6) is -0.114. The van der Waals surface area contributed by atoms with Gasteiger partial charge in [-0.1, -0.05) is 20.8 Å². The van der Waals surface area contributed by atoms with Crippen LogP contribution in [-0.4, -0.2) is 28.8 Å². The predicted octanol–water partition coefficient (Wildman–Crippen LogP) is 2.45. The third-order valence-corrected chi connectivity index (χ3v) is 3.62. The number of benzene rings is 1. The number of anilines is 1. The van der Waals surface area contributed by atoms with Crippen molar-refractivity contribution < 1.29 is 14.3 Å². The molecule has 2 amide bonds. The minimum Gasteiger partial charge on any atom is -0.422 e. The van der Waals surface area contributed by atoms with Crippen LogP contribution in [0.4, 0.5) is 10.5 Å². The number of nitrogens with zero attached hydrogens (tertiary/aromatic N) is 3. The van der Waals surface area contributed by atoms with Gasteiger partial charge in [0.2, 0.25) is 0 Å². The predicted molar refractivity (Wildman–Crippen MR) is 91.3 cm³/mol. The SMILES string of the molecule is CN(C(N)=O)c1ccc(OC(=O)c2cc(C(C)(C)C)nn2C)cc1. The maximum atomic E-state index is 12.3. The van der Waals surface area contributed by atoms with E-state index in [-0.39, 0.29) is 5.41 Å². The average molecular weight is 330 g/mol. The zero-order valence-electron chi connectivity index (χ0n) is 14.5. The number of esters is 1. The van der Waals surface area contributed by atoms with E-state index in [1.807, 2.05) is 20.8 Å². The molecule has 0 unspecified atom stereocenters. The number of rotatable bonds is 3. The molecule has 2 rings (SSSR count). The van der Waals surface area contributed by atoms with E-state index in [0.717, 1.165) is 5.69 Å². The first-order valence-corrected chi connectivity index (χ1v) is 7.49. The Kier molecular flexibility index (Phi) is 4.64. The molecule has 7 nitrogen and oxygen atoms in total. The van der Waals surface area contributed by atoms with Crippen LogP contribution in [0.5, 0.6) is 5.75 Å². The van der Waals surface area contributed by atoms with Crippen LogP contribution in [0.1, 0.15) is 37.0 Å². The molecule has 0 aliphatic rings. The van der Waals surface area contributed by atoms with Crippen LogP contribution in [0.2, 0.25) is 0 Å². The van der Waals surface area contributed by atoms with E-state index in [2.05, 4.69) is 5.10 Å². The van der Waals surface area contributed by atoms with Crippen molar-refractivity contribution in [3.8, 4) is 5.75 Å². The summed E-state index contributed by atoms with van der Waals surface area (Å²) >= 11 is 0. The van der Waals surface area contributed by atoms with Crippen molar-refractivity contribution in [2.45, 2.75) is 26.2 Å². The van der Waals surface area contributed by atoms with Gasteiger partial charge in [0.15, 0.2) is 0 Å². The van der Waals surface area contributed by atoms with Crippen LogP contribution < -0.4 is 15.4 Å². The molecule has 7 heteroatoms. The molecule has 0 atom stereocenters. The normalized spacial score (nSPS) is 11.2. The molecule has 2 N–H and O–H groups in total. The van der Waals surface area contributed by atoms with Crippen molar-refractivity contribution in [1.82, 2.24) is 9.78 Å². The molecule has 0 saturated heterocycles. The van der Waals surface area contributed by atoms with Crippen molar-refractivity contribution in [2.24, 2.45) is 12.8 Å². The number of nitrogens with two attached hydrogens (primary N) is 1. The third kappa shape index (κ3) is 3.73. The van der Waals surface area contributed by atoms with Gasteiger partial charge in [0, 0.05) is 25.2 Å². The molecule has 0 aliphatic heterocycles. The Balaban J connectivity index is 2.15. The fourth-order valence-corrected chi connectivity index (χ4v) is 2.05. The Labute approximate surface area is 141 Å². The molecule has 0 aliphatic carbocycles. The second-order valence-electron chi connectivity index (χ2n) is 6.57. The van der Waals surface area contributed by atoms with E-state index in [1.54, 1.807) is 44.4 Å². The second kappa shape index (κ2) is 6.35. The lowest BCUT2D eigenvalue weighted by Crippen LogP contribution is -2.31. The first-order chi connectivity index (χ1) is 11.1. The number of aryl methyl sites for hydroxylation is 1. The van der Waals surface area contributed by atoms with E-state index in [1.165, 1.54) is 9.58 Å². The number of amides is 2. The zero-order valence-corrected chi connectivity index (χ0v) is 14.5. The number of hydrogen-bond acceptors (Lipinski definition) is 4. The largest absolute Gasteiger partial charge is 0.422 e. The van der Waals surface area contributed by atoms with Gasteiger partial charge >= 0.3 is 12.0 Å². The minimum atomic E-state index is -0.565. The summed E-state index contributed by atoms with van der Waals surface area (Å²) in [6, 6.07) is 7.68. The van der Waals surface area contributed by atoms with E-state index in [0.29, 0.717) is 17.1 Å². The molecule has 1 aromatic heterocycles. The monoisotopic (exact) mass is 330 g/mol. The standard InChI is InChI=1S/C17H22N4O3/c1-17(2,3)14-10-13(21(5)19-14)15(22)24-12-8-6-11(7-9-12)20(4)16(18)23/h6-10H,1-5H3,(H2,18,23). The van der Waals surface area contributed by atoms with E-state index >= 15 is 0 Å². The molecule has 2 aromatic rings. The Morgan fingerprint density at radius 2 is 1.79 bits per heavy atom. The highest BCUT2D eigenvalue weighted by atomic mass is 16.5. The van der Waals surface area contributed by atoms with Gasteiger partial charge in [0.05, 0.1) is 5.69 Å². The molecular weight excluding hydrogens is 308 g/mol. The summed E-state index contributed by atoms with van der Waals surface area (Å²) in [5, 5.41) is 4.36. The van der Waals surface area contributed by atoms with E-state index < -0.39 is 12.0 Å². The van der Waals surface area contributed by atoms with Gasteiger partial charge in [-0.2, -0.15) is 5.10 Å². The van der Waals surface area contributed by atoms with Crippen LogP contribution in [0.15, 0.2) is 30.3 Å². The topological polar surface area (TPSA) is 90.4 Å². The minimum absolute atomic E-state index is 0.155. The first kappa shape index (κ1) is 17.5. The fourth-order valence-electron chi connectivity index (χ4n) is 2.05. The van der Waals surface area contributed by atoms with Crippen molar-refractivity contribution in [2.75, 3.05) is 11.9 Å². The number of ether oxygens (including phenoxy) is 1. The van der Waals surface area contributed by atoms with Crippen LogP contribution in [-0.2, 0) is 12.5 Å². The molecule has 128 valence electrons. The highest BCUT2D eigenvalue weighted by molar-refractivity contribution is 5.91. The lowest BCUT2D eigenvalue weighted by molar-refractivity contribution is 0.0723. The quantitative estimate of drug-likeness (QED) is 0.691. The van der Waals surface area contributed by atoms with Crippen molar-refractivity contribution in [1.29, 1.82) is 0 Å². The first-order valence-electron chi connectivity index (χ1n) is 7.49. The number of urea groups is 1. The number of aromatic nitrogens is 2. The van der Waals surface area contributed by atoms with Gasteiger partial charge in [-0.05, 0) is 30.3 Å². The molecular formula is C17H22N4O3. The average Bonchev–Trinajstić information content (AvgIpc) is 2.89. The molecule has 1 aromatic carbocycles. The fraction of sp³-hybridized carbons (Fsp3) is 0.353. The lowest BCUT2D eigenvalue weighted by Gasteiger charge is -2.14. The summed E-state index contributed by atoms with van der Waals surface area (Å²) < 4.78 is 6.88. The Bertz CT molecular complexity index is 757. The Morgan fingerprint density at radius 3 is 2.25 bits per heavy atom. The van der Waals surface area contributed by atoms with Gasteiger partial charge in [-0.25, -0.2) is 9.59 Å². The van der Waals surface area contributed by atoms with E-state index in [4.69, 9.17) is 10.5 Å². The summed E-state index contributed by atoms with van der Waals surface area (Å²) in [5.41, 5.74) is 6.85. The van der Waals surface area contributed by atoms with Crippen molar-refractivity contribution >= 4 is 17.7 Å². The van der Waals surface area contributed by atoms with Crippen LogP contribution >= 0.6 is 0 Å². The second-order valence-corrected chi connectivity index (χ2v) is 6.57. The molecule has 0 radical (unpaired) electrons. The lowest BCUT2D eigenvalue weighted by atomic mass is 9.92. The summed E-state index contributed by atoms with van der Waals surface area (Å²) in [4.78, 5) is 24.7. The third-order valence-electron chi connectivity index (χ3n) is 3.62. The summed E-state index contributed by atoms with van der Waals surface area (Å²) in [7, 11) is 3.27. The van der Waals surface area contributed by atoms with Crippen LogP contribution in [0.3, 0.4) is 0 Å². The number of carbonyl (C=O) groups excluding carboxylic acids is 2. The van der Waals surface area contributed by atoms with Gasteiger partial charge < -0.3 is 10.5 Å². The van der Waals surface area contributed by atoms with E-state index in [9.17, 15) is 9.59 Å². The maximum absolute atomic E-state index is 12.3. The number of hydrogen-bond donors (Lipinski definition) is 1. The molecule has 0 fully saturated rings. The highest BCUT2D eigenvalue weighted by Crippen LogP contribution is 2.23. The number of carbonyl (C=O) groups is 2. The van der Waals surface area contributed by atoms with Crippen molar-refractivity contribution in [3.63, 3.8) is 0 Å². The zero-order chi connectivity index (χ0) is 18.1. The molecule has 24 heavy (non-hydrogen) atoms. The summed E-state index contributed by atoms with van der Waals surface area (Å²) in [6.45, 7) is 6.08. The Morgan fingerprint density at radius 1 is 1.21 bits per heavy atom. The molecule has 0 saturated carbocycles. The summed E-state index contributed by atoms with van der Waals surface area (Å²) in [6.07, 6.45) is 0. The maximum Gasteiger partial charge on any atom is 0.361 e. The molecule has 1 heterocycles. The van der Waals surface area contributed by atoms with Crippen molar-refractivity contribution in [3.05, 3.63) is 41.7 Å². The number of primary amides is 1. The smallest absolute Gasteiger partial charge is 0.361 e. The van der Waals surface area contributed by atoms with Gasteiger partial charge in [0.1, 0.15) is 11.4 Å². The Hall–Kier alpha value is -2.83. The molecule has 0 bridgehead atoms. The van der Waals surface area contributed by atoms with Gasteiger partial charge in [-0.15, -0.1) is 0 Å². The molecule has 0 spiro atoms.